The van der Waals surface area contributed by atoms with Crippen molar-refractivity contribution in [1.29, 1.82) is 0 Å². The molecular formula is C14H24N2O4. The number of hydrogen-bond acceptors (Lipinski definition) is 3. The topological polar surface area (TPSA) is 87.7 Å². The van der Waals surface area contributed by atoms with Gasteiger partial charge >= 0.3 is 12.0 Å². The van der Waals surface area contributed by atoms with E-state index in [2.05, 4.69) is 24.5 Å². The van der Waals surface area contributed by atoms with Crippen LogP contribution in [0.5, 0.6) is 0 Å². The second-order valence-corrected chi connectivity index (χ2v) is 6.73. The maximum Gasteiger partial charge on any atom is 0.332 e. The van der Waals surface area contributed by atoms with Crippen LogP contribution in [0.4, 0.5) is 4.79 Å². The van der Waals surface area contributed by atoms with Gasteiger partial charge in [-0.1, -0.05) is 13.8 Å². The normalized spacial score (nSPS) is 29.9. The van der Waals surface area contributed by atoms with Gasteiger partial charge in [0.25, 0.3) is 0 Å². The number of urea groups is 1. The van der Waals surface area contributed by atoms with E-state index in [9.17, 15) is 14.7 Å². The Hall–Kier alpha value is -1.30. The van der Waals surface area contributed by atoms with Crippen LogP contribution < -0.4 is 10.6 Å². The van der Waals surface area contributed by atoms with Gasteiger partial charge in [-0.25, -0.2) is 9.59 Å². The summed E-state index contributed by atoms with van der Waals surface area (Å²) in [4.78, 5) is 23.3. The van der Waals surface area contributed by atoms with Gasteiger partial charge in [0.15, 0.2) is 5.54 Å². The maximum atomic E-state index is 12.0. The van der Waals surface area contributed by atoms with E-state index in [-0.39, 0.29) is 12.6 Å². The third-order valence-corrected chi connectivity index (χ3v) is 4.46. The van der Waals surface area contributed by atoms with Gasteiger partial charge in [-0.15, -0.1) is 0 Å². The van der Waals surface area contributed by atoms with Crippen LogP contribution in [0.3, 0.4) is 0 Å². The first-order valence-corrected chi connectivity index (χ1v) is 7.23. The minimum atomic E-state index is -1.27. The molecule has 1 unspecified atom stereocenters. The van der Waals surface area contributed by atoms with E-state index < -0.39 is 17.5 Å². The molecule has 3 N–H and O–H groups in total. The third kappa shape index (κ3) is 3.42. The summed E-state index contributed by atoms with van der Waals surface area (Å²) in [5, 5.41) is 14.7. The van der Waals surface area contributed by atoms with Crippen molar-refractivity contribution in [2.45, 2.75) is 57.5 Å². The number of ether oxygens (including phenoxy) is 1. The minimum absolute atomic E-state index is 0.0352. The van der Waals surface area contributed by atoms with Crippen molar-refractivity contribution in [2.75, 3.05) is 13.2 Å². The minimum Gasteiger partial charge on any atom is -0.479 e. The first kappa shape index (κ1) is 15.1. The molecule has 1 heterocycles. The van der Waals surface area contributed by atoms with Crippen LogP contribution in [0.25, 0.3) is 0 Å². The van der Waals surface area contributed by atoms with Crippen molar-refractivity contribution in [1.82, 2.24) is 10.6 Å². The second kappa shape index (κ2) is 5.60. The highest BCUT2D eigenvalue weighted by Gasteiger charge is 2.44. The number of carboxylic acids is 1. The molecule has 6 heteroatoms. The lowest BCUT2D eigenvalue weighted by molar-refractivity contribution is -0.144. The number of carboxylic acid groups (broad SMARTS) is 1. The van der Waals surface area contributed by atoms with E-state index >= 15 is 0 Å². The first-order chi connectivity index (χ1) is 9.33. The summed E-state index contributed by atoms with van der Waals surface area (Å²) in [5.74, 6) is -1.03. The second-order valence-electron chi connectivity index (χ2n) is 6.73. The molecule has 2 rings (SSSR count). The smallest absolute Gasteiger partial charge is 0.332 e. The molecular weight excluding hydrogens is 260 g/mol. The van der Waals surface area contributed by atoms with Gasteiger partial charge in [-0.05, 0) is 31.1 Å². The van der Waals surface area contributed by atoms with Crippen molar-refractivity contribution < 1.29 is 19.4 Å². The molecule has 1 saturated carbocycles. The van der Waals surface area contributed by atoms with Crippen molar-refractivity contribution in [3.8, 4) is 0 Å². The molecule has 2 aliphatic rings. The Morgan fingerprint density at radius 3 is 2.35 bits per heavy atom. The molecule has 0 aromatic rings. The first-order valence-electron chi connectivity index (χ1n) is 7.23. The van der Waals surface area contributed by atoms with Crippen molar-refractivity contribution in [2.24, 2.45) is 5.41 Å². The largest absolute Gasteiger partial charge is 0.479 e. The molecule has 0 aromatic carbocycles. The predicted octanol–water partition coefficient (Wildman–Crippen LogP) is 1.50. The Morgan fingerprint density at radius 1 is 1.20 bits per heavy atom. The quantitative estimate of drug-likeness (QED) is 0.733. The van der Waals surface area contributed by atoms with Gasteiger partial charge in [-0.2, -0.15) is 0 Å². The van der Waals surface area contributed by atoms with Crippen molar-refractivity contribution in [3.63, 3.8) is 0 Å². The van der Waals surface area contributed by atoms with Gasteiger partial charge in [0.05, 0.1) is 6.61 Å². The molecule has 1 aliphatic heterocycles. The molecule has 6 nitrogen and oxygen atoms in total. The van der Waals surface area contributed by atoms with E-state index in [0.717, 1.165) is 25.7 Å². The number of rotatable bonds is 3. The number of amides is 2. The van der Waals surface area contributed by atoms with Crippen LogP contribution in [-0.4, -0.2) is 41.9 Å². The molecule has 114 valence electrons. The molecule has 0 spiro atoms. The average Bonchev–Trinajstić information content (AvgIpc) is 2.82. The van der Waals surface area contributed by atoms with Crippen LogP contribution in [0, 0.1) is 5.41 Å². The molecule has 1 saturated heterocycles. The van der Waals surface area contributed by atoms with E-state index in [1.54, 1.807) is 0 Å². The zero-order chi connectivity index (χ0) is 14.8. The molecule has 2 fully saturated rings. The Labute approximate surface area is 119 Å². The number of carbonyl (C=O) groups is 2. The van der Waals surface area contributed by atoms with Crippen LogP contribution in [-0.2, 0) is 9.53 Å². The van der Waals surface area contributed by atoms with Gasteiger partial charge in [0.1, 0.15) is 0 Å². The SMILES string of the molecule is CC1(C)CCC(NC(=O)NC2(C(=O)O)CCOC2)CC1. The standard InChI is InChI=1S/C14H24N2O4/c1-13(2)5-3-10(4-6-13)15-12(19)16-14(11(17)18)7-8-20-9-14/h10H,3-9H2,1-2H3,(H,17,18)(H2,15,16,19). The van der Waals surface area contributed by atoms with Crippen LogP contribution in [0.2, 0.25) is 0 Å². The number of hydrogen-bond donors (Lipinski definition) is 3. The van der Waals surface area contributed by atoms with Crippen LogP contribution >= 0.6 is 0 Å². The van der Waals surface area contributed by atoms with Gasteiger partial charge in [-0.3, -0.25) is 0 Å². The molecule has 1 atom stereocenters. The van der Waals surface area contributed by atoms with Crippen LogP contribution in [0.15, 0.2) is 0 Å². The highest BCUT2D eigenvalue weighted by molar-refractivity contribution is 5.86. The maximum absolute atomic E-state index is 12.0. The Morgan fingerprint density at radius 2 is 1.85 bits per heavy atom. The van der Waals surface area contributed by atoms with Gasteiger partial charge in [0, 0.05) is 19.1 Å². The highest BCUT2D eigenvalue weighted by Crippen LogP contribution is 2.35. The summed E-state index contributed by atoms with van der Waals surface area (Å²) in [6.45, 7) is 4.87. The van der Waals surface area contributed by atoms with E-state index in [0.29, 0.717) is 18.4 Å². The lowest BCUT2D eigenvalue weighted by Gasteiger charge is -2.35. The summed E-state index contributed by atoms with van der Waals surface area (Å²) < 4.78 is 5.12. The summed E-state index contributed by atoms with van der Waals surface area (Å²) in [6.07, 6.45) is 4.34. The number of carbonyl (C=O) groups excluding carboxylic acids is 1. The zero-order valence-electron chi connectivity index (χ0n) is 12.2. The summed E-state index contributed by atoms with van der Waals surface area (Å²) >= 11 is 0. The summed E-state index contributed by atoms with van der Waals surface area (Å²) in [6, 6.07) is -0.265. The number of nitrogens with one attached hydrogen (secondary N) is 2. The monoisotopic (exact) mass is 284 g/mol. The Balaban J connectivity index is 1.85. The van der Waals surface area contributed by atoms with Gasteiger partial charge in [0.2, 0.25) is 0 Å². The third-order valence-electron chi connectivity index (χ3n) is 4.46. The predicted molar refractivity (Wildman–Crippen MR) is 73.5 cm³/mol. The molecule has 2 amide bonds. The number of aliphatic carboxylic acids is 1. The van der Waals surface area contributed by atoms with E-state index in [4.69, 9.17) is 4.74 Å². The zero-order valence-corrected chi connectivity index (χ0v) is 12.2. The molecule has 1 aliphatic carbocycles. The summed E-state index contributed by atoms with van der Waals surface area (Å²) in [5.41, 5.74) is -0.922. The Kier molecular flexibility index (Phi) is 4.22. The lowest BCUT2D eigenvalue weighted by Crippen LogP contribution is -2.59. The molecule has 0 aromatic heterocycles. The van der Waals surface area contributed by atoms with Gasteiger partial charge < -0.3 is 20.5 Å². The molecule has 0 radical (unpaired) electrons. The fourth-order valence-corrected chi connectivity index (χ4v) is 2.87. The molecule has 20 heavy (non-hydrogen) atoms. The average molecular weight is 284 g/mol. The van der Waals surface area contributed by atoms with Crippen molar-refractivity contribution in [3.05, 3.63) is 0 Å². The highest BCUT2D eigenvalue weighted by atomic mass is 16.5. The van der Waals surface area contributed by atoms with Crippen LogP contribution in [0.1, 0.15) is 46.0 Å². The van der Waals surface area contributed by atoms with Crippen molar-refractivity contribution >= 4 is 12.0 Å². The fourth-order valence-electron chi connectivity index (χ4n) is 2.87. The Bertz CT molecular complexity index is 379. The summed E-state index contributed by atoms with van der Waals surface area (Å²) in [7, 11) is 0. The molecule has 0 bridgehead atoms. The lowest BCUT2D eigenvalue weighted by atomic mass is 9.75. The fraction of sp³-hybridized carbons (Fsp3) is 0.857. The van der Waals surface area contributed by atoms with E-state index in [1.807, 2.05) is 0 Å². The van der Waals surface area contributed by atoms with E-state index in [1.165, 1.54) is 0 Å².